The third-order valence-electron chi connectivity index (χ3n) is 4.73. The SMILES string of the molecule is CCCCNCCCC(=O)CCCOCCOCCNCCCCCNC(=O)CC. The number of carbonyl (C=O) groups is 2. The van der Waals surface area contributed by atoms with Crippen molar-refractivity contribution in [2.24, 2.45) is 0 Å². The van der Waals surface area contributed by atoms with Crippen LogP contribution in [-0.4, -0.2) is 70.8 Å². The molecule has 0 heterocycles. The molecule has 0 saturated carbocycles. The van der Waals surface area contributed by atoms with Gasteiger partial charge < -0.3 is 25.4 Å². The fourth-order valence-corrected chi connectivity index (χ4v) is 2.83. The van der Waals surface area contributed by atoms with Crippen molar-refractivity contribution >= 4 is 11.7 Å². The molecular weight excluding hydrogens is 382 g/mol. The third-order valence-corrected chi connectivity index (χ3v) is 4.73. The van der Waals surface area contributed by atoms with Gasteiger partial charge in [-0.1, -0.05) is 26.7 Å². The van der Waals surface area contributed by atoms with Crippen LogP contribution in [0.15, 0.2) is 0 Å². The largest absolute Gasteiger partial charge is 0.379 e. The predicted molar refractivity (Wildman–Crippen MR) is 123 cm³/mol. The van der Waals surface area contributed by atoms with E-state index in [0.717, 1.165) is 64.8 Å². The summed E-state index contributed by atoms with van der Waals surface area (Å²) in [5.74, 6) is 0.466. The summed E-state index contributed by atoms with van der Waals surface area (Å²) in [6, 6.07) is 0. The lowest BCUT2D eigenvalue weighted by atomic mass is 10.1. The molecule has 0 atom stereocenters. The van der Waals surface area contributed by atoms with E-state index in [2.05, 4.69) is 22.9 Å². The molecule has 0 saturated heterocycles. The molecule has 1 amide bonds. The van der Waals surface area contributed by atoms with Crippen molar-refractivity contribution in [1.29, 1.82) is 0 Å². The first-order valence-electron chi connectivity index (χ1n) is 12.1. The topological polar surface area (TPSA) is 88.7 Å². The predicted octanol–water partition coefficient (Wildman–Crippen LogP) is 2.82. The molecule has 0 radical (unpaired) electrons. The molecule has 0 aliphatic heterocycles. The zero-order valence-corrected chi connectivity index (χ0v) is 19.6. The Bertz CT molecular complexity index is 395. The number of ketones is 1. The number of ether oxygens (including phenoxy) is 2. The summed E-state index contributed by atoms with van der Waals surface area (Å²) in [6.45, 7) is 11.1. The van der Waals surface area contributed by atoms with E-state index in [4.69, 9.17) is 9.47 Å². The Hall–Kier alpha value is -1.02. The molecule has 0 aromatic carbocycles. The quantitative estimate of drug-likeness (QED) is 0.205. The van der Waals surface area contributed by atoms with E-state index in [-0.39, 0.29) is 5.91 Å². The second-order valence-electron chi connectivity index (χ2n) is 7.59. The first-order valence-corrected chi connectivity index (χ1v) is 12.1. The normalized spacial score (nSPS) is 11.0. The van der Waals surface area contributed by atoms with Gasteiger partial charge in [0.15, 0.2) is 0 Å². The van der Waals surface area contributed by atoms with Gasteiger partial charge in [-0.25, -0.2) is 0 Å². The zero-order chi connectivity index (χ0) is 22.1. The van der Waals surface area contributed by atoms with Crippen LogP contribution in [0.4, 0.5) is 0 Å². The molecular formula is C23H47N3O4. The Morgan fingerprint density at radius 2 is 1.27 bits per heavy atom. The highest BCUT2D eigenvalue weighted by molar-refractivity contribution is 5.78. The van der Waals surface area contributed by atoms with Gasteiger partial charge in [-0.3, -0.25) is 9.59 Å². The highest BCUT2D eigenvalue weighted by Gasteiger charge is 2.02. The number of hydrogen-bond donors (Lipinski definition) is 3. The Balaban J connectivity index is 3.14. The minimum absolute atomic E-state index is 0.129. The highest BCUT2D eigenvalue weighted by Crippen LogP contribution is 1.99. The standard InChI is InChI=1S/C23H47N3O4/c1-3-5-13-24-15-9-11-22(27)12-10-18-29-20-21-30-19-17-25-14-7-6-8-16-26-23(28)4-2/h24-25H,3-21H2,1-2H3,(H,26,28). The van der Waals surface area contributed by atoms with Crippen LogP contribution in [-0.2, 0) is 19.1 Å². The van der Waals surface area contributed by atoms with Crippen molar-refractivity contribution in [2.45, 2.75) is 78.1 Å². The summed E-state index contributed by atoms with van der Waals surface area (Å²) < 4.78 is 11.1. The molecule has 0 aliphatic carbocycles. The lowest BCUT2D eigenvalue weighted by molar-refractivity contribution is -0.121. The maximum atomic E-state index is 11.8. The zero-order valence-electron chi connectivity index (χ0n) is 19.6. The monoisotopic (exact) mass is 429 g/mol. The van der Waals surface area contributed by atoms with Gasteiger partial charge in [-0.2, -0.15) is 0 Å². The molecule has 0 rings (SSSR count). The minimum atomic E-state index is 0.129. The van der Waals surface area contributed by atoms with Crippen LogP contribution < -0.4 is 16.0 Å². The van der Waals surface area contributed by atoms with Crippen molar-refractivity contribution < 1.29 is 19.1 Å². The van der Waals surface area contributed by atoms with Gasteiger partial charge >= 0.3 is 0 Å². The second kappa shape index (κ2) is 24.3. The molecule has 7 heteroatoms. The number of carbonyl (C=O) groups excluding carboxylic acids is 2. The number of nitrogens with one attached hydrogen (secondary N) is 3. The fraction of sp³-hybridized carbons (Fsp3) is 0.913. The van der Waals surface area contributed by atoms with Gasteiger partial charge in [0.2, 0.25) is 5.91 Å². The number of hydrogen-bond acceptors (Lipinski definition) is 6. The van der Waals surface area contributed by atoms with Gasteiger partial charge in [-0.05, 0) is 51.7 Å². The highest BCUT2D eigenvalue weighted by atomic mass is 16.5. The average Bonchev–Trinajstić information content (AvgIpc) is 2.75. The van der Waals surface area contributed by atoms with E-state index in [9.17, 15) is 9.59 Å². The summed E-state index contributed by atoms with van der Waals surface area (Å²) in [6.07, 6.45) is 9.24. The van der Waals surface area contributed by atoms with Crippen molar-refractivity contribution in [3.05, 3.63) is 0 Å². The Kier molecular flexibility index (Phi) is 23.4. The molecule has 0 unspecified atom stereocenters. The molecule has 0 fully saturated rings. The fourth-order valence-electron chi connectivity index (χ4n) is 2.83. The third kappa shape index (κ3) is 23.3. The second-order valence-corrected chi connectivity index (χ2v) is 7.59. The summed E-state index contributed by atoms with van der Waals surface area (Å²) in [7, 11) is 0. The summed E-state index contributed by atoms with van der Waals surface area (Å²) in [4.78, 5) is 22.9. The van der Waals surface area contributed by atoms with Crippen LogP contribution in [0.25, 0.3) is 0 Å². The lowest BCUT2D eigenvalue weighted by Gasteiger charge is -2.07. The number of amides is 1. The molecule has 0 aromatic heterocycles. The van der Waals surface area contributed by atoms with Gasteiger partial charge in [0.1, 0.15) is 5.78 Å². The van der Waals surface area contributed by atoms with Crippen molar-refractivity contribution in [3.8, 4) is 0 Å². The number of rotatable bonds is 24. The van der Waals surface area contributed by atoms with Gasteiger partial charge in [-0.15, -0.1) is 0 Å². The first kappa shape index (κ1) is 29.0. The maximum Gasteiger partial charge on any atom is 0.219 e. The summed E-state index contributed by atoms with van der Waals surface area (Å²) in [5, 5.41) is 9.60. The first-order chi connectivity index (χ1) is 14.7. The van der Waals surface area contributed by atoms with Crippen molar-refractivity contribution in [2.75, 3.05) is 59.2 Å². The average molecular weight is 430 g/mol. The van der Waals surface area contributed by atoms with Crippen LogP contribution in [0.5, 0.6) is 0 Å². The van der Waals surface area contributed by atoms with Crippen molar-refractivity contribution in [1.82, 2.24) is 16.0 Å². The van der Waals surface area contributed by atoms with Crippen LogP contribution >= 0.6 is 0 Å². The molecule has 0 aliphatic rings. The Morgan fingerprint density at radius 1 is 0.633 bits per heavy atom. The molecule has 7 nitrogen and oxygen atoms in total. The summed E-state index contributed by atoms with van der Waals surface area (Å²) in [5.41, 5.74) is 0. The summed E-state index contributed by atoms with van der Waals surface area (Å²) >= 11 is 0. The van der Waals surface area contributed by atoms with E-state index < -0.39 is 0 Å². The smallest absolute Gasteiger partial charge is 0.219 e. The molecule has 30 heavy (non-hydrogen) atoms. The van der Waals surface area contributed by atoms with Gasteiger partial charge in [0.05, 0.1) is 19.8 Å². The Morgan fingerprint density at radius 3 is 2.03 bits per heavy atom. The van der Waals surface area contributed by atoms with E-state index in [0.29, 0.717) is 51.5 Å². The molecule has 0 aromatic rings. The van der Waals surface area contributed by atoms with E-state index in [1.807, 2.05) is 6.92 Å². The van der Waals surface area contributed by atoms with Crippen LogP contribution in [0, 0.1) is 0 Å². The van der Waals surface area contributed by atoms with Crippen LogP contribution in [0.3, 0.4) is 0 Å². The van der Waals surface area contributed by atoms with Gasteiger partial charge in [0, 0.05) is 39.0 Å². The number of unbranched alkanes of at least 4 members (excludes halogenated alkanes) is 3. The maximum absolute atomic E-state index is 11.8. The van der Waals surface area contributed by atoms with E-state index >= 15 is 0 Å². The van der Waals surface area contributed by atoms with Crippen LogP contribution in [0.1, 0.15) is 78.1 Å². The lowest BCUT2D eigenvalue weighted by Crippen LogP contribution is -2.24. The van der Waals surface area contributed by atoms with Gasteiger partial charge in [0.25, 0.3) is 0 Å². The van der Waals surface area contributed by atoms with Crippen molar-refractivity contribution in [3.63, 3.8) is 0 Å². The molecule has 0 bridgehead atoms. The van der Waals surface area contributed by atoms with E-state index in [1.54, 1.807) is 0 Å². The van der Waals surface area contributed by atoms with E-state index in [1.165, 1.54) is 12.8 Å². The van der Waals surface area contributed by atoms with Crippen LogP contribution in [0.2, 0.25) is 0 Å². The number of Topliss-reactive ketones (excluding diaryl/α,β-unsaturated/α-hetero) is 1. The molecule has 178 valence electrons. The minimum Gasteiger partial charge on any atom is -0.379 e. The molecule has 3 N–H and O–H groups in total. The Labute approximate surface area is 184 Å². The molecule has 0 spiro atoms.